The van der Waals surface area contributed by atoms with Crippen LogP contribution in [0, 0.1) is 0 Å². The third-order valence-corrected chi connectivity index (χ3v) is 2.64. The number of rotatable bonds is 5. The molecule has 1 rings (SSSR count). The van der Waals surface area contributed by atoms with Gasteiger partial charge in [-0.05, 0) is 25.6 Å². The van der Waals surface area contributed by atoms with E-state index >= 15 is 0 Å². The quantitative estimate of drug-likeness (QED) is 0.836. The zero-order valence-electron chi connectivity index (χ0n) is 8.66. The molecule has 0 saturated carbocycles. The molecule has 15 heavy (non-hydrogen) atoms. The molecule has 0 aliphatic rings. The summed E-state index contributed by atoms with van der Waals surface area (Å²) in [6, 6.07) is 0. The Labute approximate surface area is 97.4 Å². The van der Waals surface area contributed by atoms with Crippen LogP contribution in [-0.2, 0) is 11.3 Å². The smallest absolute Gasteiger partial charge is 0.234 e. The lowest BCUT2D eigenvalue weighted by atomic mass is 10.5. The minimum absolute atomic E-state index is 0.00983. The molecular formula is C8H13ClN4OS. The molecule has 1 amide bonds. The summed E-state index contributed by atoms with van der Waals surface area (Å²) in [5.41, 5.74) is 0. The first-order chi connectivity index (χ1) is 7.11. The van der Waals surface area contributed by atoms with Gasteiger partial charge >= 0.3 is 0 Å². The topological polar surface area (TPSA) is 58.1 Å². The highest BCUT2D eigenvalue weighted by Gasteiger charge is 2.09. The van der Waals surface area contributed by atoms with E-state index < -0.39 is 0 Å². The average Bonchev–Trinajstić information content (AvgIpc) is 2.51. The standard InChI is InChI=1S/C8H13ClN4OS/c1-3-10-6(14)4-13(2)5-7-11-12-8(9)15-7/h3-5H2,1-2H3,(H,10,14). The van der Waals surface area contributed by atoms with Crippen LogP contribution in [0.4, 0.5) is 0 Å². The van der Waals surface area contributed by atoms with E-state index in [1.165, 1.54) is 11.3 Å². The molecule has 84 valence electrons. The third kappa shape index (κ3) is 4.55. The molecule has 0 unspecified atom stereocenters. The van der Waals surface area contributed by atoms with Crippen LogP contribution in [0.5, 0.6) is 0 Å². The van der Waals surface area contributed by atoms with Gasteiger partial charge in [-0.25, -0.2) is 0 Å². The minimum atomic E-state index is 0.00983. The molecule has 0 atom stereocenters. The number of amides is 1. The number of aromatic nitrogens is 2. The van der Waals surface area contributed by atoms with E-state index in [0.717, 1.165) is 5.01 Å². The second-order valence-corrected chi connectivity index (χ2v) is 4.72. The summed E-state index contributed by atoms with van der Waals surface area (Å²) in [6.45, 7) is 3.48. The van der Waals surface area contributed by atoms with Gasteiger partial charge in [-0.1, -0.05) is 11.3 Å². The maximum absolute atomic E-state index is 11.2. The Kier molecular flexibility index (Phi) is 4.93. The van der Waals surface area contributed by atoms with Gasteiger partial charge in [-0.15, -0.1) is 10.2 Å². The predicted molar refractivity (Wildman–Crippen MR) is 59.9 cm³/mol. The Morgan fingerprint density at radius 3 is 2.87 bits per heavy atom. The second-order valence-electron chi connectivity index (χ2n) is 3.07. The van der Waals surface area contributed by atoms with Crippen molar-refractivity contribution in [1.82, 2.24) is 20.4 Å². The first-order valence-electron chi connectivity index (χ1n) is 4.55. The van der Waals surface area contributed by atoms with Crippen LogP contribution in [0.25, 0.3) is 0 Å². The molecule has 0 spiro atoms. The summed E-state index contributed by atoms with van der Waals surface area (Å²) in [7, 11) is 1.85. The predicted octanol–water partition coefficient (Wildman–Crippen LogP) is 0.759. The van der Waals surface area contributed by atoms with E-state index in [9.17, 15) is 4.79 Å². The fourth-order valence-electron chi connectivity index (χ4n) is 1.08. The van der Waals surface area contributed by atoms with Crippen molar-refractivity contribution in [2.24, 2.45) is 0 Å². The molecule has 0 fully saturated rings. The molecule has 0 aliphatic heterocycles. The first-order valence-corrected chi connectivity index (χ1v) is 5.74. The molecule has 5 nitrogen and oxygen atoms in total. The molecule has 7 heteroatoms. The maximum atomic E-state index is 11.2. The fraction of sp³-hybridized carbons (Fsp3) is 0.625. The van der Waals surface area contributed by atoms with Crippen molar-refractivity contribution < 1.29 is 4.79 Å². The van der Waals surface area contributed by atoms with Crippen LogP contribution in [-0.4, -0.2) is 41.1 Å². The summed E-state index contributed by atoms with van der Waals surface area (Å²) in [6.07, 6.45) is 0. The maximum Gasteiger partial charge on any atom is 0.234 e. The molecule has 1 N–H and O–H groups in total. The Balaban J connectivity index is 2.35. The van der Waals surface area contributed by atoms with Gasteiger partial charge in [0.15, 0.2) is 0 Å². The van der Waals surface area contributed by atoms with E-state index in [1.54, 1.807) is 0 Å². The molecule has 1 aromatic rings. The molecule has 0 radical (unpaired) electrons. The van der Waals surface area contributed by atoms with Gasteiger partial charge in [0, 0.05) is 6.54 Å². The van der Waals surface area contributed by atoms with Gasteiger partial charge in [0.05, 0.1) is 13.1 Å². The van der Waals surface area contributed by atoms with Crippen molar-refractivity contribution in [2.75, 3.05) is 20.1 Å². The van der Waals surface area contributed by atoms with Crippen molar-refractivity contribution in [1.29, 1.82) is 0 Å². The third-order valence-electron chi connectivity index (χ3n) is 1.63. The highest BCUT2D eigenvalue weighted by Crippen LogP contribution is 2.15. The second kappa shape index (κ2) is 5.99. The van der Waals surface area contributed by atoms with E-state index in [-0.39, 0.29) is 5.91 Å². The van der Waals surface area contributed by atoms with Crippen LogP contribution in [0.3, 0.4) is 0 Å². The van der Waals surface area contributed by atoms with Crippen molar-refractivity contribution in [3.63, 3.8) is 0 Å². The van der Waals surface area contributed by atoms with Gasteiger partial charge in [0.2, 0.25) is 10.4 Å². The zero-order chi connectivity index (χ0) is 11.3. The van der Waals surface area contributed by atoms with Crippen molar-refractivity contribution in [2.45, 2.75) is 13.5 Å². The molecule has 0 bridgehead atoms. The molecule has 0 saturated heterocycles. The number of hydrogen-bond acceptors (Lipinski definition) is 5. The largest absolute Gasteiger partial charge is 0.355 e. The SMILES string of the molecule is CCNC(=O)CN(C)Cc1nnc(Cl)s1. The van der Waals surface area contributed by atoms with Crippen LogP contribution < -0.4 is 5.32 Å². The molecule has 1 heterocycles. The number of nitrogens with one attached hydrogen (secondary N) is 1. The highest BCUT2D eigenvalue weighted by molar-refractivity contribution is 7.15. The number of nitrogens with zero attached hydrogens (tertiary/aromatic N) is 3. The molecule has 1 aromatic heterocycles. The summed E-state index contributed by atoms with van der Waals surface area (Å²) in [4.78, 5) is 13.1. The average molecular weight is 249 g/mol. The van der Waals surface area contributed by atoms with Gasteiger partial charge in [0.1, 0.15) is 5.01 Å². The summed E-state index contributed by atoms with van der Waals surface area (Å²) < 4.78 is 0.427. The van der Waals surface area contributed by atoms with Crippen molar-refractivity contribution in [3.8, 4) is 0 Å². The fourth-order valence-corrected chi connectivity index (χ4v) is 2.03. The lowest BCUT2D eigenvalue weighted by Crippen LogP contribution is -2.34. The number of carbonyl (C=O) groups excluding carboxylic acids is 1. The van der Waals surface area contributed by atoms with Gasteiger partial charge in [0.25, 0.3) is 0 Å². The highest BCUT2D eigenvalue weighted by atomic mass is 35.5. The van der Waals surface area contributed by atoms with E-state index in [2.05, 4.69) is 15.5 Å². The van der Waals surface area contributed by atoms with Gasteiger partial charge < -0.3 is 5.32 Å². The van der Waals surface area contributed by atoms with E-state index in [4.69, 9.17) is 11.6 Å². The number of carbonyl (C=O) groups is 1. The summed E-state index contributed by atoms with van der Waals surface area (Å²) in [5, 5.41) is 11.1. The van der Waals surface area contributed by atoms with Crippen LogP contribution in [0.15, 0.2) is 0 Å². The van der Waals surface area contributed by atoms with Crippen molar-refractivity contribution >= 4 is 28.8 Å². The lowest BCUT2D eigenvalue weighted by molar-refractivity contribution is -0.121. The van der Waals surface area contributed by atoms with Crippen LogP contribution >= 0.6 is 22.9 Å². The summed E-state index contributed by atoms with van der Waals surface area (Å²) in [5.74, 6) is 0.00983. The number of halogens is 1. The minimum Gasteiger partial charge on any atom is -0.355 e. The first kappa shape index (κ1) is 12.4. The van der Waals surface area contributed by atoms with Crippen LogP contribution in [0.1, 0.15) is 11.9 Å². The van der Waals surface area contributed by atoms with Crippen LogP contribution in [0.2, 0.25) is 4.47 Å². The Morgan fingerprint density at radius 1 is 1.60 bits per heavy atom. The molecule has 0 aromatic carbocycles. The molecular weight excluding hydrogens is 236 g/mol. The molecule has 0 aliphatic carbocycles. The Bertz CT molecular complexity index is 330. The van der Waals surface area contributed by atoms with Gasteiger partial charge in [-0.2, -0.15) is 0 Å². The number of hydrogen-bond donors (Lipinski definition) is 1. The Morgan fingerprint density at radius 2 is 2.33 bits per heavy atom. The monoisotopic (exact) mass is 248 g/mol. The normalized spacial score (nSPS) is 10.7. The lowest BCUT2D eigenvalue weighted by Gasteiger charge is -2.13. The van der Waals surface area contributed by atoms with Crippen molar-refractivity contribution in [3.05, 3.63) is 9.47 Å². The summed E-state index contributed by atoms with van der Waals surface area (Å²) >= 11 is 6.97. The van der Waals surface area contributed by atoms with E-state index in [0.29, 0.717) is 24.1 Å². The number of likely N-dealkylation sites (N-methyl/N-ethyl adjacent to an activating group) is 2. The Hall–Kier alpha value is -0.720. The van der Waals surface area contributed by atoms with Gasteiger partial charge in [-0.3, -0.25) is 9.69 Å². The van der Waals surface area contributed by atoms with E-state index in [1.807, 2.05) is 18.9 Å². The zero-order valence-corrected chi connectivity index (χ0v) is 10.2.